The summed E-state index contributed by atoms with van der Waals surface area (Å²) in [5.74, 6) is 0.978. The van der Waals surface area contributed by atoms with E-state index in [-0.39, 0.29) is 5.41 Å². The summed E-state index contributed by atoms with van der Waals surface area (Å²) in [6, 6.07) is 8.69. The van der Waals surface area contributed by atoms with Crippen LogP contribution in [0.25, 0.3) is 0 Å². The van der Waals surface area contributed by atoms with E-state index in [1.807, 2.05) is 12.1 Å². The first-order valence-electron chi connectivity index (χ1n) is 6.59. The number of para-hydroxylation sites is 1. The fourth-order valence-corrected chi connectivity index (χ4v) is 2.64. The minimum Gasteiger partial charge on any atom is -0.496 e. The van der Waals surface area contributed by atoms with Gasteiger partial charge in [-0.3, -0.25) is 0 Å². The van der Waals surface area contributed by atoms with Gasteiger partial charge in [-0.15, -0.1) is 0 Å². The normalized spacial score (nSPS) is 22.8. The van der Waals surface area contributed by atoms with Crippen molar-refractivity contribution >= 4 is 0 Å². The standard InChI is InChI=1S/C16H23NO/c1-12-9-10-17-15(16(12,2)3)11-13-7-5-6-8-14(13)18-4/h5-8,15,17H,1,9-11H2,2-4H3/t15-/m0/s1. The topological polar surface area (TPSA) is 21.3 Å². The molecule has 2 nitrogen and oxygen atoms in total. The largest absolute Gasteiger partial charge is 0.496 e. The zero-order chi connectivity index (χ0) is 13.2. The van der Waals surface area contributed by atoms with Crippen LogP contribution < -0.4 is 10.1 Å². The van der Waals surface area contributed by atoms with Crippen LogP contribution in [0.5, 0.6) is 5.75 Å². The highest BCUT2D eigenvalue weighted by Gasteiger charge is 2.35. The zero-order valence-corrected chi connectivity index (χ0v) is 11.6. The second-order valence-electron chi connectivity index (χ2n) is 5.60. The molecule has 0 amide bonds. The van der Waals surface area contributed by atoms with Gasteiger partial charge in [-0.25, -0.2) is 0 Å². The lowest BCUT2D eigenvalue weighted by Gasteiger charge is -2.41. The van der Waals surface area contributed by atoms with E-state index < -0.39 is 0 Å². The van der Waals surface area contributed by atoms with Crippen molar-refractivity contribution in [1.29, 1.82) is 0 Å². The summed E-state index contributed by atoms with van der Waals surface area (Å²) >= 11 is 0. The van der Waals surface area contributed by atoms with E-state index >= 15 is 0 Å². The maximum absolute atomic E-state index is 5.43. The van der Waals surface area contributed by atoms with Crippen LogP contribution in [0.4, 0.5) is 0 Å². The van der Waals surface area contributed by atoms with Gasteiger partial charge < -0.3 is 10.1 Å². The summed E-state index contributed by atoms with van der Waals surface area (Å²) in [4.78, 5) is 0. The number of hydrogen-bond acceptors (Lipinski definition) is 2. The monoisotopic (exact) mass is 245 g/mol. The molecule has 0 aromatic heterocycles. The third-order valence-corrected chi connectivity index (χ3v) is 4.22. The summed E-state index contributed by atoms with van der Waals surface area (Å²) in [6.07, 6.45) is 2.06. The predicted molar refractivity (Wildman–Crippen MR) is 76.0 cm³/mol. The van der Waals surface area contributed by atoms with E-state index in [0.717, 1.165) is 25.1 Å². The molecule has 2 heteroatoms. The molecule has 98 valence electrons. The quantitative estimate of drug-likeness (QED) is 0.826. The molecular weight excluding hydrogens is 222 g/mol. The van der Waals surface area contributed by atoms with Crippen molar-refractivity contribution in [3.8, 4) is 5.75 Å². The number of piperidine rings is 1. The fourth-order valence-electron chi connectivity index (χ4n) is 2.64. The van der Waals surface area contributed by atoms with Crippen LogP contribution in [0.3, 0.4) is 0 Å². The van der Waals surface area contributed by atoms with Crippen molar-refractivity contribution in [3.63, 3.8) is 0 Å². The van der Waals surface area contributed by atoms with Crippen LogP contribution >= 0.6 is 0 Å². The lowest BCUT2D eigenvalue weighted by molar-refractivity contribution is 0.249. The minimum atomic E-state index is 0.138. The molecule has 1 saturated heterocycles. The van der Waals surface area contributed by atoms with Gasteiger partial charge in [-0.05, 0) is 31.0 Å². The van der Waals surface area contributed by atoms with Gasteiger partial charge in [0.05, 0.1) is 7.11 Å². The summed E-state index contributed by atoms with van der Waals surface area (Å²) in [5, 5.41) is 3.62. The molecule has 1 aliphatic heterocycles. The van der Waals surface area contributed by atoms with E-state index in [4.69, 9.17) is 4.74 Å². The average molecular weight is 245 g/mol. The van der Waals surface area contributed by atoms with E-state index in [2.05, 4.69) is 37.9 Å². The van der Waals surface area contributed by atoms with Crippen molar-refractivity contribution in [2.75, 3.05) is 13.7 Å². The SMILES string of the molecule is C=C1CCN[C@@H](Cc2ccccc2OC)C1(C)C. The van der Waals surface area contributed by atoms with Gasteiger partial charge >= 0.3 is 0 Å². The van der Waals surface area contributed by atoms with Crippen LogP contribution in [0.15, 0.2) is 36.4 Å². The second kappa shape index (κ2) is 5.15. The Morgan fingerprint density at radius 2 is 2.11 bits per heavy atom. The van der Waals surface area contributed by atoms with Gasteiger partial charge in [0.15, 0.2) is 0 Å². The molecule has 1 aromatic rings. The van der Waals surface area contributed by atoms with Crippen molar-refractivity contribution in [2.24, 2.45) is 5.41 Å². The lowest BCUT2D eigenvalue weighted by Crippen LogP contribution is -2.49. The molecule has 0 aliphatic carbocycles. The summed E-state index contributed by atoms with van der Waals surface area (Å²) in [6.45, 7) is 9.82. The van der Waals surface area contributed by atoms with E-state index in [1.54, 1.807) is 7.11 Å². The Bertz CT molecular complexity index is 436. The number of ether oxygens (including phenoxy) is 1. The molecule has 1 fully saturated rings. The Morgan fingerprint density at radius 1 is 1.39 bits per heavy atom. The number of hydrogen-bond donors (Lipinski definition) is 1. The molecular formula is C16H23NO. The Hall–Kier alpha value is -1.28. The first-order chi connectivity index (χ1) is 8.55. The van der Waals surface area contributed by atoms with Gasteiger partial charge in [-0.2, -0.15) is 0 Å². The number of rotatable bonds is 3. The second-order valence-corrected chi connectivity index (χ2v) is 5.60. The van der Waals surface area contributed by atoms with Gasteiger partial charge in [0.2, 0.25) is 0 Å². The maximum Gasteiger partial charge on any atom is 0.122 e. The molecule has 2 rings (SSSR count). The molecule has 0 unspecified atom stereocenters. The molecule has 1 aromatic carbocycles. The third kappa shape index (κ3) is 2.44. The first-order valence-corrected chi connectivity index (χ1v) is 6.59. The van der Waals surface area contributed by atoms with Crippen LogP contribution in [-0.2, 0) is 6.42 Å². The molecule has 0 bridgehead atoms. The highest BCUT2D eigenvalue weighted by atomic mass is 16.5. The molecule has 18 heavy (non-hydrogen) atoms. The van der Waals surface area contributed by atoms with Crippen LogP contribution in [0.1, 0.15) is 25.8 Å². The lowest BCUT2D eigenvalue weighted by atomic mass is 9.72. The average Bonchev–Trinajstić information content (AvgIpc) is 2.36. The van der Waals surface area contributed by atoms with Gasteiger partial charge in [-0.1, -0.05) is 44.2 Å². The molecule has 1 atom stereocenters. The molecule has 0 radical (unpaired) electrons. The smallest absolute Gasteiger partial charge is 0.122 e. The van der Waals surface area contributed by atoms with Crippen LogP contribution in [0, 0.1) is 5.41 Å². The first kappa shape index (κ1) is 13.2. The third-order valence-electron chi connectivity index (χ3n) is 4.22. The minimum absolute atomic E-state index is 0.138. The summed E-state index contributed by atoms with van der Waals surface area (Å²) < 4.78 is 5.43. The van der Waals surface area contributed by atoms with Crippen LogP contribution in [0.2, 0.25) is 0 Å². The molecule has 1 aliphatic rings. The van der Waals surface area contributed by atoms with E-state index in [9.17, 15) is 0 Å². The molecule has 1 N–H and O–H groups in total. The molecule has 1 heterocycles. The fraction of sp³-hybridized carbons (Fsp3) is 0.500. The Kier molecular flexibility index (Phi) is 3.76. The Morgan fingerprint density at radius 3 is 2.83 bits per heavy atom. The van der Waals surface area contributed by atoms with Crippen LogP contribution in [-0.4, -0.2) is 19.7 Å². The Balaban J connectivity index is 2.20. The zero-order valence-electron chi connectivity index (χ0n) is 11.6. The summed E-state index contributed by atoms with van der Waals surface area (Å²) in [7, 11) is 1.73. The number of benzene rings is 1. The summed E-state index contributed by atoms with van der Waals surface area (Å²) in [5.41, 5.74) is 2.75. The van der Waals surface area contributed by atoms with Gasteiger partial charge in [0, 0.05) is 11.5 Å². The van der Waals surface area contributed by atoms with Gasteiger partial charge in [0.25, 0.3) is 0 Å². The highest BCUT2D eigenvalue weighted by Crippen LogP contribution is 2.36. The molecule has 0 saturated carbocycles. The van der Waals surface area contributed by atoms with Crippen molar-refractivity contribution < 1.29 is 4.74 Å². The Labute approximate surface area is 110 Å². The van der Waals surface area contributed by atoms with Crippen molar-refractivity contribution in [1.82, 2.24) is 5.32 Å². The number of methoxy groups -OCH3 is 1. The maximum atomic E-state index is 5.43. The predicted octanol–water partition coefficient (Wildman–Crippen LogP) is 3.18. The van der Waals surface area contributed by atoms with Crippen molar-refractivity contribution in [3.05, 3.63) is 42.0 Å². The highest BCUT2D eigenvalue weighted by molar-refractivity contribution is 5.35. The van der Waals surface area contributed by atoms with E-state index in [0.29, 0.717) is 6.04 Å². The number of nitrogens with one attached hydrogen (secondary N) is 1. The van der Waals surface area contributed by atoms with Crippen molar-refractivity contribution in [2.45, 2.75) is 32.7 Å². The van der Waals surface area contributed by atoms with Gasteiger partial charge in [0.1, 0.15) is 5.75 Å². The molecule has 0 spiro atoms. The van der Waals surface area contributed by atoms with E-state index in [1.165, 1.54) is 11.1 Å².